The molecule has 180 valence electrons. The van der Waals surface area contributed by atoms with Gasteiger partial charge in [0.2, 0.25) is 5.91 Å². The van der Waals surface area contributed by atoms with Gasteiger partial charge in [-0.05, 0) is 49.7 Å². The molecule has 2 aliphatic carbocycles. The van der Waals surface area contributed by atoms with Crippen molar-refractivity contribution in [3.05, 3.63) is 18.2 Å². The molecule has 0 radical (unpaired) electrons. The zero-order chi connectivity index (χ0) is 23.5. The molecule has 0 bridgehead atoms. The highest BCUT2D eigenvalue weighted by Gasteiger charge is 2.42. The SMILES string of the molecule is NC(=O)[C@@H](NC(C1CCC1)C1CC1)C(=O)Nc1ccc(N2CCOCC2=O)cc1OC(F)F. The Kier molecular flexibility index (Phi) is 7.08. The van der Waals surface area contributed by atoms with Crippen LogP contribution in [-0.4, -0.2) is 56.2 Å². The number of nitrogens with zero attached hydrogens (tertiary/aromatic N) is 1. The Morgan fingerprint density at radius 1 is 1.18 bits per heavy atom. The van der Waals surface area contributed by atoms with Crippen molar-refractivity contribution in [1.82, 2.24) is 5.32 Å². The van der Waals surface area contributed by atoms with Crippen molar-refractivity contribution in [2.45, 2.75) is 50.8 Å². The topological polar surface area (TPSA) is 123 Å². The summed E-state index contributed by atoms with van der Waals surface area (Å²) in [7, 11) is 0. The number of hydrogen-bond acceptors (Lipinski definition) is 6. The molecule has 1 aliphatic heterocycles. The first kappa shape index (κ1) is 23.4. The second kappa shape index (κ2) is 10.0. The van der Waals surface area contributed by atoms with Gasteiger partial charge in [0.1, 0.15) is 6.61 Å². The zero-order valence-corrected chi connectivity index (χ0v) is 18.1. The minimum atomic E-state index is -3.15. The maximum Gasteiger partial charge on any atom is 0.387 e. The van der Waals surface area contributed by atoms with E-state index in [0.29, 0.717) is 24.1 Å². The van der Waals surface area contributed by atoms with Crippen molar-refractivity contribution in [1.29, 1.82) is 0 Å². The molecule has 3 aliphatic rings. The van der Waals surface area contributed by atoms with Gasteiger partial charge in [-0.25, -0.2) is 0 Å². The Balaban J connectivity index is 1.51. The van der Waals surface area contributed by atoms with E-state index in [9.17, 15) is 23.2 Å². The number of benzene rings is 1. The second-order valence-electron chi connectivity index (χ2n) is 8.70. The van der Waals surface area contributed by atoms with Gasteiger partial charge in [-0.1, -0.05) is 6.42 Å². The quantitative estimate of drug-likeness (QED) is 0.451. The van der Waals surface area contributed by atoms with Crippen molar-refractivity contribution in [2.24, 2.45) is 17.6 Å². The number of amides is 3. The van der Waals surface area contributed by atoms with E-state index in [1.807, 2.05) is 0 Å². The predicted molar refractivity (Wildman–Crippen MR) is 115 cm³/mol. The number of rotatable bonds is 10. The van der Waals surface area contributed by atoms with E-state index in [0.717, 1.165) is 32.1 Å². The van der Waals surface area contributed by atoms with Crippen LogP contribution in [0.3, 0.4) is 0 Å². The normalized spacial score (nSPS) is 20.8. The number of halogens is 2. The number of primary amides is 1. The molecule has 3 fully saturated rings. The Hall–Kier alpha value is -2.79. The molecule has 1 saturated heterocycles. The van der Waals surface area contributed by atoms with Gasteiger partial charge in [0.25, 0.3) is 11.8 Å². The average molecular weight is 466 g/mol. The number of morpholine rings is 1. The minimum Gasteiger partial charge on any atom is -0.433 e. The van der Waals surface area contributed by atoms with Crippen molar-refractivity contribution in [3.63, 3.8) is 0 Å². The third-order valence-corrected chi connectivity index (χ3v) is 6.43. The first-order valence-electron chi connectivity index (χ1n) is 11.2. The minimum absolute atomic E-state index is 0.0218. The molecule has 1 aromatic carbocycles. The second-order valence-corrected chi connectivity index (χ2v) is 8.70. The summed E-state index contributed by atoms with van der Waals surface area (Å²) in [5, 5.41) is 5.61. The molecular formula is C22H28F2N4O5. The van der Waals surface area contributed by atoms with Crippen LogP contribution < -0.4 is 26.0 Å². The number of anilines is 2. The molecule has 0 aromatic heterocycles. The van der Waals surface area contributed by atoms with Crippen molar-refractivity contribution in [3.8, 4) is 5.75 Å². The van der Waals surface area contributed by atoms with E-state index in [1.54, 1.807) is 0 Å². The van der Waals surface area contributed by atoms with Gasteiger partial charge >= 0.3 is 6.61 Å². The number of ether oxygens (including phenoxy) is 2. The van der Waals surface area contributed by atoms with Gasteiger partial charge in [-0.15, -0.1) is 0 Å². The largest absolute Gasteiger partial charge is 0.433 e. The molecule has 11 heteroatoms. The fourth-order valence-corrected chi connectivity index (χ4v) is 4.36. The smallest absolute Gasteiger partial charge is 0.387 e. The molecule has 1 unspecified atom stereocenters. The lowest BCUT2D eigenvalue weighted by atomic mass is 9.77. The summed E-state index contributed by atoms with van der Waals surface area (Å²) >= 11 is 0. The zero-order valence-electron chi connectivity index (χ0n) is 18.1. The van der Waals surface area contributed by atoms with Gasteiger partial charge < -0.3 is 25.4 Å². The maximum absolute atomic E-state index is 13.1. The molecule has 3 amide bonds. The Bertz CT molecular complexity index is 907. The van der Waals surface area contributed by atoms with E-state index in [2.05, 4.69) is 15.4 Å². The van der Waals surface area contributed by atoms with Crippen LogP contribution >= 0.6 is 0 Å². The number of alkyl halides is 2. The summed E-state index contributed by atoms with van der Waals surface area (Å²) in [4.78, 5) is 38.5. The van der Waals surface area contributed by atoms with Crippen LogP contribution in [0.25, 0.3) is 0 Å². The van der Waals surface area contributed by atoms with Gasteiger partial charge in [0.15, 0.2) is 11.8 Å². The van der Waals surface area contributed by atoms with Crippen molar-refractivity contribution in [2.75, 3.05) is 30.0 Å². The van der Waals surface area contributed by atoms with Gasteiger partial charge in [0, 0.05) is 24.3 Å². The van der Waals surface area contributed by atoms with E-state index >= 15 is 0 Å². The maximum atomic E-state index is 13.1. The average Bonchev–Trinajstić information content (AvgIpc) is 3.55. The van der Waals surface area contributed by atoms with E-state index in [-0.39, 0.29) is 36.5 Å². The third kappa shape index (κ3) is 5.59. The standard InChI is InChI=1S/C22H28F2N4O5/c23-22(24)33-16-10-14(28-8-9-32-11-17(28)29)6-7-15(16)26-21(31)19(20(25)30)27-18(13-4-5-13)12-2-1-3-12/h6-7,10,12-13,18-19,22,27H,1-5,8-9,11H2,(H2,25,30)(H,26,31)/t18?,19-/m1/s1. The van der Waals surface area contributed by atoms with Crippen molar-refractivity contribution < 1.29 is 32.6 Å². The summed E-state index contributed by atoms with van der Waals surface area (Å²) in [5.41, 5.74) is 5.79. The molecule has 1 aromatic rings. The molecular weight excluding hydrogens is 438 g/mol. The Labute approximate surface area is 189 Å². The highest BCUT2D eigenvalue weighted by molar-refractivity contribution is 6.10. The Morgan fingerprint density at radius 2 is 1.91 bits per heavy atom. The fraction of sp³-hybridized carbons (Fsp3) is 0.591. The van der Waals surface area contributed by atoms with Gasteiger partial charge in [-0.2, -0.15) is 8.78 Å². The molecule has 2 atom stereocenters. The van der Waals surface area contributed by atoms with Crippen molar-refractivity contribution >= 4 is 29.1 Å². The van der Waals surface area contributed by atoms with E-state index < -0.39 is 24.5 Å². The van der Waals surface area contributed by atoms with Crippen LogP contribution in [0.4, 0.5) is 20.2 Å². The molecule has 9 nitrogen and oxygen atoms in total. The van der Waals surface area contributed by atoms with E-state index in [4.69, 9.17) is 10.5 Å². The molecule has 0 spiro atoms. The van der Waals surface area contributed by atoms with Crippen LogP contribution in [-0.2, 0) is 19.1 Å². The van der Waals surface area contributed by atoms with Crippen LogP contribution in [0, 0.1) is 11.8 Å². The molecule has 1 heterocycles. The highest BCUT2D eigenvalue weighted by atomic mass is 19.3. The number of nitrogens with two attached hydrogens (primary N) is 1. The summed E-state index contributed by atoms with van der Waals surface area (Å²) in [6.45, 7) is -2.70. The molecule has 4 rings (SSSR count). The lowest BCUT2D eigenvalue weighted by molar-refractivity contribution is -0.128. The summed E-state index contributed by atoms with van der Waals surface area (Å²) in [6, 6.07) is 2.82. The monoisotopic (exact) mass is 466 g/mol. The van der Waals surface area contributed by atoms with Crippen LogP contribution in [0.1, 0.15) is 32.1 Å². The number of carbonyl (C=O) groups is 3. The Morgan fingerprint density at radius 3 is 2.48 bits per heavy atom. The van der Waals surface area contributed by atoms with Gasteiger partial charge in [0.05, 0.1) is 12.3 Å². The number of carbonyl (C=O) groups excluding carboxylic acids is 3. The van der Waals surface area contributed by atoms with Crippen LogP contribution in [0.15, 0.2) is 18.2 Å². The summed E-state index contributed by atoms with van der Waals surface area (Å²) < 4.78 is 35.8. The lowest BCUT2D eigenvalue weighted by Crippen LogP contribution is -2.56. The lowest BCUT2D eigenvalue weighted by Gasteiger charge is -2.36. The number of hydrogen-bond donors (Lipinski definition) is 3. The van der Waals surface area contributed by atoms with E-state index in [1.165, 1.54) is 23.1 Å². The molecule has 2 saturated carbocycles. The molecule has 4 N–H and O–H groups in total. The summed E-state index contributed by atoms with van der Waals surface area (Å²) in [6.07, 6.45) is 5.27. The third-order valence-electron chi connectivity index (χ3n) is 6.43. The predicted octanol–water partition coefficient (Wildman–Crippen LogP) is 1.61. The molecule has 33 heavy (non-hydrogen) atoms. The van der Waals surface area contributed by atoms with Gasteiger partial charge in [-0.3, -0.25) is 19.7 Å². The first-order valence-corrected chi connectivity index (χ1v) is 11.2. The fourth-order valence-electron chi connectivity index (χ4n) is 4.36. The number of nitrogens with one attached hydrogen (secondary N) is 2. The summed E-state index contributed by atoms with van der Waals surface area (Å²) in [5.74, 6) is -1.42. The first-order chi connectivity index (χ1) is 15.8. The van der Waals surface area contributed by atoms with Crippen LogP contribution in [0.5, 0.6) is 5.75 Å². The highest BCUT2D eigenvalue weighted by Crippen LogP contribution is 2.42. The van der Waals surface area contributed by atoms with Crippen LogP contribution in [0.2, 0.25) is 0 Å².